The molecule has 3 N–H and O–H groups in total. The van der Waals surface area contributed by atoms with Gasteiger partial charge in [0.2, 0.25) is 5.91 Å². The third kappa shape index (κ3) is 4.01. The van der Waals surface area contributed by atoms with E-state index in [1.165, 1.54) is 6.07 Å². The van der Waals surface area contributed by atoms with Crippen molar-refractivity contribution in [1.29, 1.82) is 0 Å². The molecule has 1 fully saturated rings. The average molecular weight is 345 g/mol. The number of hydrogen-bond acceptors (Lipinski definition) is 3. The van der Waals surface area contributed by atoms with Gasteiger partial charge in [-0.25, -0.2) is 4.39 Å². The number of primary amides is 1. The van der Waals surface area contributed by atoms with Gasteiger partial charge in [-0.1, -0.05) is 22.0 Å². The van der Waals surface area contributed by atoms with Crippen molar-refractivity contribution < 1.29 is 13.9 Å². The Balaban J connectivity index is 2.04. The summed E-state index contributed by atoms with van der Waals surface area (Å²) in [4.78, 5) is 11.6. The summed E-state index contributed by atoms with van der Waals surface area (Å²) in [7, 11) is 0. The molecule has 110 valence electrons. The molecule has 1 aromatic carbocycles. The van der Waals surface area contributed by atoms with E-state index in [4.69, 9.17) is 10.5 Å². The molecular formula is C14H18BrFN2O2. The summed E-state index contributed by atoms with van der Waals surface area (Å²) >= 11 is 3.19. The van der Waals surface area contributed by atoms with Crippen LogP contribution in [0.25, 0.3) is 0 Å². The van der Waals surface area contributed by atoms with Gasteiger partial charge in [0.05, 0.1) is 6.10 Å². The van der Waals surface area contributed by atoms with E-state index in [1.54, 1.807) is 12.1 Å². The van der Waals surface area contributed by atoms with Crippen LogP contribution in [0.1, 0.15) is 30.9 Å². The van der Waals surface area contributed by atoms with Crippen LogP contribution in [0, 0.1) is 5.82 Å². The maximum atomic E-state index is 13.9. The summed E-state index contributed by atoms with van der Waals surface area (Å²) in [5, 5.41) is 3.01. The van der Waals surface area contributed by atoms with Crippen molar-refractivity contribution in [3.8, 4) is 0 Å². The molecule has 1 aliphatic rings. The fourth-order valence-electron chi connectivity index (χ4n) is 2.32. The highest BCUT2D eigenvalue weighted by atomic mass is 79.9. The van der Waals surface area contributed by atoms with Crippen LogP contribution in [0.3, 0.4) is 0 Å². The minimum absolute atomic E-state index is 0.0594. The molecule has 0 unspecified atom stereocenters. The summed E-state index contributed by atoms with van der Waals surface area (Å²) in [6.45, 7) is 1.23. The Bertz CT molecular complexity index is 478. The van der Waals surface area contributed by atoms with Crippen LogP contribution in [0.4, 0.5) is 4.39 Å². The van der Waals surface area contributed by atoms with Crippen molar-refractivity contribution in [1.82, 2.24) is 5.32 Å². The summed E-state index contributed by atoms with van der Waals surface area (Å²) in [5.41, 5.74) is 5.63. The molecule has 1 aliphatic heterocycles. The SMILES string of the molecule is NC(=O)[C@@H](NC[C@@H]1CCCCO1)c1ccc(Br)cc1F. The predicted octanol–water partition coefficient (Wildman–Crippen LogP) is 2.27. The number of rotatable bonds is 5. The minimum Gasteiger partial charge on any atom is -0.377 e. The van der Waals surface area contributed by atoms with Crippen molar-refractivity contribution in [2.75, 3.05) is 13.2 Å². The Kier molecular flexibility index (Phi) is 5.51. The van der Waals surface area contributed by atoms with E-state index >= 15 is 0 Å². The molecule has 20 heavy (non-hydrogen) atoms. The summed E-state index contributed by atoms with van der Waals surface area (Å²) in [5.74, 6) is -1.05. The molecule has 1 saturated heterocycles. The molecule has 1 amide bonds. The van der Waals surface area contributed by atoms with E-state index in [2.05, 4.69) is 21.2 Å². The lowest BCUT2D eigenvalue weighted by Crippen LogP contribution is -2.40. The van der Waals surface area contributed by atoms with Crippen LogP contribution >= 0.6 is 15.9 Å². The van der Waals surface area contributed by atoms with Crippen molar-refractivity contribution in [3.63, 3.8) is 0 Å². The first-order valence-electron chi connectivity index (χ1n) is 6.67. The molecule has 2 rings (SSSR count). The van der Waals surface area contributed by atoms with E-state index in [9.17, 15) is 9.18 Å². The van der Waals surface area contributed by atoms with Crippen molar-refractivity contribution in [2.24, 2.45) is 5.73 Å². The molecule has 2 atom stereocenters. The minimum atomic E-state index is -0.839. The summed E-state index contributed by atoms with van der Waals surface area (Å²) in [6, 6.07) is 3.73. The Morgan fingerprint density at radius 1 is 1.55 bits per heavy atom. The van der Waals surface area contributed by atoms with Gasteiger partial charge in [0, 0.05) is 23.2 Å². The molecule has 0 spiro atoms. The van der Waals surface area contributed by atoms with Crippen molar-refractivity contribution >= 4 is 21.8 Å². The van der Waals surface area contributed by atoms with Crippen LogP contribution < -0.4 is 11.1 Å². The average Bonchev–Trinajstić information content (AvgIpc) is 2.42. The number of benzene rings is 1. The van der Waals surface area contributed by atoms with Crippen LogP contribution in [0.15, 0.2) is 22.7 Å². The number of carbonyl (C=O) groups is 1. The predicted molar refractivity (Wildman–Crippen MR) is 77.6 cm³/mol. The molecule has 4 nitrogen and oxygen atoms in total. The lowest BCUT2D eigenvalue weighted by molar-refractivity contribution is -0.120. The van der Waals surface area contributed by atoms with E-state index in [0.717, 1.165) is 25.9 Å². The Labute approximate surface area is 126 Å². The van der Waals surface area contributed by atoms with Gasteiger partial charge in [0.1, 0.15) is 11.9 Å². The third-order valence-corrected chi connectivity index (χ3v) is 3.87. The largest absolute Gasteiger partial charge is 0.377 e. The standard InChI is InChI=1S/C14H18BrFN2O2/c15-9-4-5-11(12(16)7-9)13(14(17)19)18-8-10-3-1-2-6-20-10/h4-5,7,10,13,18H,1-3,6,8H2,(H2,17,19)/t10-,13-/m0/s1. The molecule has 1 aromatic rings. The number of halogens is 2. The lowest BCUT2D eigenvalue weighted by atomic mass is 10.0. The smallest absolute Gasteiger partial charge is 0.239 e. The summed E-state index contributed by atoms with van der Waals surface area (Å²) < 4.78 is 20.1. The van der Waals surface area contributed by atoms with Crippen LogP contribution in [-0.2, 0) is 9.53 Å². The van der Waals surface area contributed by atoms with Gasteiger partial charge in [-0.3, -0.25) is 10.1 Å². The normalized spacial score (nSPS) is 20.6. The lowest BCUT2D eigenvalue weighted by Gasteiger charge is -2.25. The highest BCUT2D eigenvalue weighted by molar-refractivity contribution is 9.10. The van der Waals surface area contributed by atoms with Gasteiger partial charge in [-0.05, 0) is 31.4 Å². The molecule has 6 heteroatoms. The fraction of sp³-hybridized carbons (Fsp3) is 0.500. The zero-order valence-corrected chi connectivity index (χ0v) is 12.7. The van der Waals surface area contributed by atoms with Gasteiger partial charge in [0.15, 0.2) is 0 Å². The molecule has 0 radical (unpaired) electrons. The number of amides is 1. The molecule has 0 saturated carbocycles. The monoisotopic (exact) mass is 344 g/mol. The second-order valence-corrected chi connectivity index (χ2v) is 5.81. The van der Waals surface area contributed by atoms with E-state index < -0.39 is 17.8 Å². The first-order valence-corrected chi connectivity index (χ1v) is 7.46. The fourth-order valence-corrected chi connectivity index (χ4v) is 2.65. The van der Waals surface area contributed by atoms with Gasteiger partial charge in [0.25, 0.3) is 0 Å². The third-order valence-electron chi connectivity index (χ3n) is 3.38. The van der Waals surface area contributed by atoms with Crippen molar-refractivity contribution in [2.45, 2.75) is 31.4 Å². The first-order chi connectivity index (χ1) is 9.58. The molecule has 1 heterocycles. The van der Waals surface area contributed by atoms with Gasteiger partial charge >= 0.3 is 0 Å². The van der Waals surface area contributed by atoms with Gasteiger partial charge in [-0.15, -0.1) is 0 Å². The Morgan fingerprint density at radius 2 is 2.35 bits per heavy atom. The summed E-state index contributed by atoms with van der Waals surface area (Å²) in [6.07, 6.45) is 3.18. The topological polar surface area (TPSA) is 64.4 Å². The second kappa shape index (κ2) is 7.15. The Morgan fingerprint density at radius 3 is 2.95 bits per heavy atom. The van der Waals surface area contributed by atoms with E-state index in [1.807, 2.05) is 0 Å². The van der Waals surface area contributed by atoms with Crippen LogP contribution in [0.5, 0.6) is 0 Å². The van der Waals surface area contributed by atoms with E-state index in [-0.39, 0.29) is 11.7 Å². The molecule has 0 aliphatic carbocycles. The number of carbonyl (C=O) groups excluding carboxylic acids is 1. The maximum Gasteiger partial charge on any atom is 0.239 e. The molecular weight excluding hydrogens is 327 g/mol. The molecule has 0 aromatic heterocycles. The van der Waals surface area contributed by atoms with Crippen LogP contribution in [0.2, 0.25) is 0 Å². The highest BCUT2D eigenvalue weighted by Crippen LogP contribution is 2.21. The van der Waals surface area contributed by atoms with E-state index in [0.29, 0.717) is 11.0 Å². The number of hydrogen-bond donors (Lipinski definition) is 2. The van der Waals surface area contributed by atoms with Crippen molar-refractivity contribution in [3.05, 3.63) is 34.1 Å². The van der Waals surface area contributed by atoms with Crippen LogP contribution in [-0.4, -0.2) is 25.2 Å². The zero-order chi connectivity index (χ0) is 14.5. The van der Waals surface area contributed by atoms with Gasteiger partial charge < -0.3 is 10.5 Å². The second-order valence-electron chi connectivity index (χ2n) is 4.90. The highest BCUT2D eigenvalue weighted by Gasteiger charge is 2.23. The number of nitrogens with two attached hydrogens (primary N) is 1. The van der Waals surface area contributed by atoms with Gasteiger partial charge in [-0.2, -0.15) is 0 Å². The zero-order valence-electron chi connectivity index (χ0n) is 11.1. The Hall–Kier alpha value is -0.980. The number of ether oxygens (including phenoxy) is 1. The quantitative estimate of drug-likeness (QED) is 0.861. The first kappa shape index (κ1) is 15.4. The number of nitrogens with one attached hydrogen (secondary N) is 1. The maximum absolute atomic E-state index is 13.9. The molecule has 0 bridgehead atoms.